The second-order valence-electron chi connectivity index (χ2n) is 3.51. The third kappa shape index (κ3) is 3.71. The van der Waals surface area contributed by atoms with Crippen LogP contribution in [0.2, 0.25) is 5.02 Å². The van der Waals surface area contributed by atoms with Crippen molar-refractivity contribution in [3.8, 4) is 5.75 Å². The fourth-order valence-electron chi connectivity index (χ4n) is 1.42. The van der Waals surface area contributed by atoms with E-state index in [1.165, 1.54) is 0 Å². The van der Waals surface area contributed by atoms with Crippen LogP contribution < -0.4 is 10.1 Å². The minimum Gasteiger partial charge on any atom is -0.496 e. The topological polar surface area (TPSA) is 21.3 Å². The standard InChI is InChI=1S/C12H15Cl2NO/c1-8(13)7-15-9(2)11-6-10(14)4-5-12(11)16-3/h4-6,9,15H,1,7H2,2-3H3. The summed E-state index contributed by atoms with van der Waals surface area (Å²) in [5.74, 6) is 0.810. The van der Waals surface area contributed by atoms with E-state index in [0.717, 1.165) is 11.3 Å². The minimum atomic E-state index is 0.101. The predicted molar refractivity (Wildman–Crippen MR) is 69.4 cm³/mol. The van der Waals surface area contributed by atoms with Gasteiger partial charge in [0.1, 0.15) is 5.75 Å². The molecular formula is C12H15Cl2NO. The van der Waals surface area contributed by atoms with Gasteiger partial charge in [0.15, 0.2) is 0 Å². The highest BCUT2D eigenvalue weighted by Gasteiger charge is 2.11. The van der Waals surface area contributed by atoms with Crippen LogP contribution in [0, 0.1) is 0 Å². The molecule has 0 radical (unpaired) electrons. The van der Waals surface area contributed by atoms with Gasteiger partial charge in [0.25, 0.3) is 0 Å². The summed E-state index contributed by atoms with van der Waals surface area (Å²) in [5, 5.41) is 4.50. The smallest absolute Gasteiger partial charge is 0.123 e. The zero-order valence-electron chi connectivity index (χ0n) is 9.39. The van der Waals surface area contributed by atoms with Gasteiger partial charge in [0, 0.05) is 28.2 Å². The van der Waals surface area contributed by atoms with Gasteiger partial charge in [0.2, 0.25) is 0 Å². The molecule has 0 fully saturated rings. The highest BCUT2D eigenvalue weighted by molar-refractivity contribution is 6.30. The van der Waals surface area contributed by atoms with Crippen LogP contribution in [0.25, 0.3) is 0 Å². The molecule has 0 aromatic heterocycles. The number of hydrogen-bond donors (Lipinski definition) is 1. The molecule has 0 amide bonds. The van der Waals surface area contributed by atoms with Crippen LogP contribution in [0.4, 0.5) is 0 Å². The summed E-state index contributed by atoms with van der Waals surface area (Å²) in [6.07, 6.45) is 0. The van der Waals surface area contributed by atoms with Crippen LogP contribution >= 0.6 is 23.2 Å². The molecule has 0 spiro atoms. The van der Waals surface area contributed by atoms with Gasteiger partial charge in [-0.1, -0.05) is 29.8 Å². The van der Waals surface area contributed by atoms with Crippen molar-refractivity contribution in [1.29, 1.82) is 0 Å². The van der Waals surface area contributed by atoms with Crippen molar-refractivity contribution in [2.45, 2.75) is 13.0 Å². The number of rotatable bonds is 5. The van der Waals surface area contributed by atoms with E-state index in [0.29, 0.717) is 16.6 Å². The first-order chi connectivity index (χ1) is 7.54. The Balaban J connectivity index is 2.84. The summed E-state index contributed by atoms with van der Waals surface area (Å²) in [6.45, 7) is 6.20. The van der Waals surface area contributed by atoms with E-state index in [4.69, 9.17) is 27.9 Å². The lowest BCUT2D eigenvalue weighted by Crippen LogP contribution is -2.20. The summed E-state index contributed by atoms with van der Waals surface area (Å²) in [7, 11) is 1.64. The second-order valence-corrected chi connectivity index (χ2v) is 4.48. The Morgan fingerprint density at radius 3 is 2.81 bits per heavy atom. The number of nitrogens with one attached hydrogen (secondary N) is 1. The van der Waals surface area contributed by atoms with Gasteiger partial charge in [-0.05, 0) is 25.1 Å². The van der Waals surface area contributed by atoms with Crippen LogP contribution in [0.3, 0.4) is 0 Å². The number of hydrogen-bond acceptors (Lipinski definition) is 2. The third-order valence-corrected chi connectivity index (χ3v) is 2.63. The zero-order valence-corrected chi connectivity index (χ0v) is 10.9. The van der Waals surface area contributed by atoms with Gasteiger partial charge < -0.3 is 10.1 Å². The summed E-state index contributed by atoms with van der Waals surface area (Å²) >= 11 is 11.7. The Morgan fingerprint density at radius 2 is 2.25 bits per heavy atom. The zero-order chi connectivity index (χ0) is 12.1. The van der Waals surface area contributed by atoms with E-state index in [9.17, 15) is 0 Å². The molecule has 0 aliphatic heterocycles. The van der Waals surface area contributed by atoms with Crippen molar-refractivity contribution in [2.24, 2.45) is 0 Å². The normalized spacial score (nSPS) is 12.2. The average Bonchev–Trinajstić information content (AvgIpc) is 2.25. The molecule has 1 aromatic rings. The molecule has 1 atom stereocenters. The average molecular weight is 260 g/mol. The van der Waals surface area contributed by atoms with Gasteiger partial charge in [0.05, 0.1) is 7.11 Å². The monoisotopic (exact) mass is 259 g/mol. The Kier molecular flexibility index (Phi) is 5.13. The molecule has 0 heterocycles. The Morgan fingerprint density at radius 1 is 1.56 bits per heavy atom. The highest BCUT2D eigenvalue weighted by Crippen LogP contribution is 2.28. The van der Waals surface area contributed by atoms with Crippen LogP contribution in [-0.2, 0) is 0 Å². The van der Waals surface area contributed by atoms with Crippen LogP contribution in [0.5, 0.6) is 5.75 Å². The molecule has 16 heavy (non-hydrogen) atoms. The van der Waals surface area contributed by atoms with E-state index >= 15 is 0 Å². The van der Waals surface area contributed by atoms with E-state index in [2.05, 4.69) is 11.9 Å². The molecule has 0 saturated heterocycles. The second kappa shape index (κ2) is 6.14. The Labute approximate surface area is 106 Å². The van der Waals surface area contributed by atoms with Gasteiger partial charge >= 0.3 is 0 Å². The number of halogens is 2. The Bertz CT molecular complexity index is 379. The molecule has 0 bridgehead atoms. The fourth-order valence-corrected chi connectivity index (χ4v) is 1.68. The molecular weight excluding hydrogens is 245 g/mol. The highest BCUT2D eigenvalue weighted by atomic mass is 35.5. The van der Waals surface area contributed by atoms with E-state index < -0.39 is 0 Å². The first kappa shape index (κ1) is 13.4. The van der Waals surface area contributed by atoms with E-state index in [1.54, 1.807) is 13.2 Å². The molecule has 2 nitrogen and oxygen atoms in total. The van der Waals surface area contributed by atoms with Crippen LogP contribution in [0.15, 0.2) is 29.8 Å². The lowest BCUT2D eigenvalue weighted by Gasteiger charge is -2.17. The van der Waals surface area contributed by atoms with Crippen molar-refractivity contribution < 1.29 is 4.74 Å². The van der Waals surface area contributed by atoms with Crippen molar-refractivity contribution in [3.05, 3.63) is 40.4 Å². The van der Waals surface area contributed by atoms with Gasteiger partial charge in [-0.25, -0.2) is 0 Å². The summed E-state index contributed by atoms with van der Waals surface area (Å²) in [5.41, 5.74) is 1.01. The van der Waals surface area contributed by atoms with E-state index in [1.807, 2.05) is 19.1 Å². The van der Waals surface area contributed by atoms with Crippen LogP contribution in [-0.4, -0.2) is 13.7 Å². The van der Waals surface area contributed by atoms with Crippen molar-refractivity contribution in [2.75, 3.05) is 13.7 Å². The lowest BCUT2D eigenvalue weighted by atomic mass is 10.1. The molecule has 0 aliphatic carbocycles. The Hall–Kier alpha value is -0.700. The maximum Gasteiger partial charge on any atom is 0.123 e. The first-order valence-corrected chi connectivity index (χ1v) is 5.70. The van der Waals surface area contributed by atoms with Crippen LogP contribution in [0.1, 0.15) is 18.5 Å². The molecule has 1 rings (SSSR count). The quantitative estimate of drug-likeness (QED) is 0.870. The van der Waals surface area contributed by atoms with Crippen molar-refractivity contribution >= 4 is 23.2 Å². The molecule has 88 valence electrons. The molecule has 1 aromatic carbocycles. The van der Waals surface area contributed by atoms with Gasteiger partial charge in [-0.3, -0.25) is 0 Å². The van der Waals surface area contributed by atoms with Crippen molar-refractivity contribution in [3.63, 3.8) is 0 Å². The third-order valence-electron chi connectivity index (χ3n) is 2.26. The fraction of sp³-hybridized carbons (Fsp3) is 0.333. The molecule has 0 aliphatic rings. The number of methoxy groups -OCH3 is 1. The van der Waals surface area contributed by atoms with Gasteiger partial charge in [-0.15, -0.1) is 0 Å². The lowest BCUT2D eigenvalue weighted by molar-refractivity contribution is 0.403. The molecule has 4 heteroatoms. The summed E-state index contributed by atoms with van der Waals surface area (Å²) in [4.78, 5) is 0. The maximum atomic E-state index is 5.95. The van der Waals surface area contributed by atoms with Gasteiger partial charge in [-0.2, -0.15) is 0 Å². The largest absolute Gasteiger partial charge is 0.496 e. The molecule has 0 saturated carbocycles. The summed E-state index contributed by atoms with van der Waals surface area (Å²) in [6, 6.07) is 5.64. The number of benzene rings is 1. The first-order valence-electron chi connectivity index (χ1n) is 4.94. The summed E-state index contributed by atoms with van der Waals surface area (Å²) < 4.78 is 5.27. The minimum absolute atomic E-state index is 0.101. The SMILES string of the molecule is C=C(Cl)CNC(C)c1cc(Cl)ccc1OC. The number of ether oxygens (including phenoxy) is 1. The molecule has 1 unspecified atom stereocenters. The predicted octanol–water partition coefficient (Wildman–Crippen LogP) is 3.75. The van der Waals surface area contributed by atoms with E-state index in [-0.39, 0.29) is 6.04 Å². The molecule has 1 N–H and O–H groups in total. The van der Waals surface area contributed by atoms with Crippen molar-refractivity contribution in [1.82, 2.24) is 5.32 Å². The maximum absolute atomic E-state index is 5.95.